The van der Waals surface area contributed by atoms with E-state index in [2.05, 4.69) is 0 Å². The van der Waals surface area contributed by atoms with Crippen molar-refractivity contribution in [3.63, 3.8) is 0 Å². The zero-order chi connectivity index (χ0) is 10.9. The molecule has 0 aliphatic carbocycles. The predicted molar refractivity (Wildman–Crippen MR) is 55.0 cm³/mol. The highest BCUT2D eigenvalue weighted by Crippen LogP contribution is 2.49. The van der Waals surface area contributed by atoms with Gasteiger partial charge in [0.25, 0.3) is 0 Å². The highest BCUT2D eigenvalue weighted by atomic mass is 31.2. The third kappa shape index (κ3) is 8.54. The van der Waals surface area contributed by atoms with E-state index in [9.17, 15) is 4.57 Å². The minimum absolute atomic E-state index is 0.560. The molecule has 0 amide bonds. The normalized spacial score (nSPS) is 14.7. The summed E-state index contributed by atoms with van der Waals surface area (Å²) in [5, 5.41) is 0. The summed E-state index contributed by atoms with van der Waals surface area (Å²) in [6.45, 7) is 10.7. The molecule has 0 aliphatic rings. The predicted octanol–water partition coefficient (Wildman–Crippen LogP) is 2.89. The Hall–Kier alpha value is 0.215. The average Bonchev–Trinajstić information content (AvgIpc) is 1.43. The first-order chi connectivity index (χ1) is 5.41. The molecule has 0 fully saturated rings. The van der Waals surface area contributed by atoms with E-state index in [1.54, 1.807) is 41.5 Å². The summed E-state index contributed by atoms with van der Waals surface area (Å²) in [5.41, 5.74) is -1.12. The maximum atomic E-state index is 11.6. The molecule has 0 bridgehead atoms. The van der Waals surface area contributed by atoms with Crippen LogP contribution >= 0.6 is 7.47 Å². The van der Waals surface area contributed by atoms with Gasteiger partial charge in [-0.15, -0.1) is 0 Å². The first kappa shape index (κ1) is 13.2. The molecule has 0 heterocycles. The van der Waals surface area contributed by atoms with Gasteiger partial charge in [0, 0.05) is 0 Å². The van der Waals surface area contributed by atoms with E-state index in [4.69, 9.17) is 16.6 Å². The molecule has 3 nitrogen and oxygen atoms in total. The summed E-state index contributed by atoms with van der Waals surface area (Å²) < 4.78 is 21.8. The van der Waals surface area contributed by atoms with Crippen LogP contribution in [0.15, 0.2) is 0 Å². The van der Waals surface area contributed by atoms with Gasteiger partial charge in [-0.3, -0.25) is 0 Å². The smallest absolute Gasteiger partial charge is 0.0659 e. The zero-order valence-electron chi connectivity index (χ0n) is 9.25. The summed E-state index contributed by atoms with van der Waals surface area (Å²) in [6, 6.07) is 0. The molecule has 0 aromatic rings. The Morgan fingerprint density at radius 3 is 1.31 bits per heavy atom. The molecule has 0 N–H and O–H groups in total. The molecule has 0 atom stereocenters. The zero-order valence-corrected chi connectivity index (χ0v) is 10.1. The maximum absolute atomic E-state index is 11.6. The largest absolute Gasteiger partial charge is 0.444 e. The van der Waals surface area contributed by atoms with Crippen LogP contribution in [0, 0.1) is 0 Å². The van der Waals surface area contributed by atoms with Gasteiger partial charge in [0.2, 0.25) is 0 Å². The highest BCUT2D eigenvalue weighted by Gasteiger charge is 2.21. The molecule has 77 valence electrons. The van der Waals surface area contributed by atoms with E-state index in [0.29, 0.717) is 0 Å². The van der Waals surface area contributed by atoms with E-state index in [-0.39, 0.29) is 0 Å². The third-order valence-electron chi connectivity index (χ3n) is 0.802. The van der Waals surface area contributed by atoms with Crippen molar-refractivity contribution >= 4 is 15.0 Å². The van der Waals surface area contributed by atoms with Crippen molar-refractivity contribution in [2.24, 2.45) is 0 Å². The van der Waals surface area contributed by atoms with Crippen molar-refractivity contribution in [1.29, 1.82) is 0 Å². The van der Waals surface area contributed by atoms with Crippen molar-refractivity contribution in [2.45, 2.75) is 52.7 Å². The van der Waals surface area contributed by atoms with Crippen LogP contribution in [0.5, 0.6) is 0 Å². The lowest BCUT2D eigenvalue weighted by Crippen LogP contribution is -2.23. The molecule has 0 aromatic heterocycles. The van der Waals surface area contributed by atoms with E-state index in [1.807, 2.05) is 0 Å². The molecule has 0 saturated heterocycles. The number of hydrogen-bond acceptors (Lipinski definition) is 3. The van der Waals surface area contributed by atoms with E-state index >= 15 is 0 Å². The second kappa shape index (κ2) is 3.76. The van der Waals surface area contributed by atoms with Crippen molar-refractivity contribution in [1.82, 2.24) is 0 Å². The first-order valence-corrected chi connectivity index (χ1v) is 5.83. The van der Waals surface area contributed by atoms with Crippen LogP contribution in [0.2, 0.25) is 0 Å². The van der Waals surface area contributed by atoms with Crippen LogP contribution < -0.4 is 0 Å². The third-order valence-corrected chi connectivity index (χ3v) is 2.41. The first-order valence-electron chi connectivity index (χ1n) is 4.21. The fraction of sp³-hybridized carbons (Fsp3) is 1.00. The molecule has 13 heavy (non-hydrogen) atoms. The topological polar surface area (TPSA) is 35.5 Å². The van der Waals surface area contributed by atoms with Gasteiger partial charge in [0.15, 0.2) is 0 Å². The van der Waals surface area contributed by atoms with Crippen molar-refractivity contribution in [3.05, 3.63) is 0 Å². The molecule has 0 unspecified atom stereocenters. The Balaban J connectivity index is 4.35. The van der Waals surface area contributed by atoms with E-state index in [1.165, 1.54) is 0 Å². The molecule has 0 aliphatic heterocycles. The van der Waals surface area contributed by atoms with Crippen LogP contribution in [0.3, 0.4) is 0 Å². The minimum Gasteiger partial charge on any atom is -0.444 e. The van der Waals surface area contributed by atoms with Crippen molar-refractivity contribution < 1.29 is 13.6 Å². The number of rotatable bonds is 2. The fourth-order valence-electron chi connectivity index (χ4n) is 0.782. The maximum Gasteiger partial charge on any atom is 0.0659 e. The Labute approximate surface area is 82.1 Å². The summed E-state index contributed by atoms with van der Waals surface area (Å²) in [4.78, 5) is 0. The molecule has 0 spiro atoms. The summed E-state index contributed by atoms with van der Waals surface area (Å²) in [6.07, 6.45) is 0. The molecule has 0 saturated carbocycles. The van der Waals surface area contributed by atoms with Crippen LogP contribution in [-0.4, -0.2) is 18.8 Å². The van der Waals surface area contributed by atoms with E-state index < -0.39 is 18.7 Å². The quantitative estimate of drug-likeness (QED) is 0.512. The standard InChI is InChI=1S/C8H18BO3P/c1-7(2,3)11-13(9,10)12-8(4,5)6/h1-6H3/q-1. The average molecular weight is 204 g/mol. The molecular weight excluding hydrogens is 186 g/mol. The Bertz CT molecular complexity index is 194. The van der Waals surface area contributed by atoms with Crippen LogP contribution in [0.1, 0.15) is 41.5 Å². The lowest BCUT2D eigenvalue weighted by Gasteiger charge is -2.38. The molecular formula is C8H18BO3P-. The Morgan fingerprint density at radius 2 is 1.15 bits per heavy atom. The lowest BCUT2D eigenvalue weighted by molar-refractivity contribution is 0.0582. The summed E-state index contributed by atoms with van der Waals surface area (Å²) in [5.74, 6) is 0. The van der Waals surface area contributed by atoms with Gasteiger partial charge in [0.1, 0.15) is 0 Å². The van der Waals surface area contributed by atoms with E-state index in [0.717, 1.165) is 0 Å². The lowest BCUT2D eigenvalue weighted by atomic mass is 10.2. The fourth-order valence-corrected chi connectivity index (χ4v) is 2.35. The van der Waals surface area contributed by atoms with Crippen LogP contribution in [-0.2, 0) is 13.6 Å². The molecule has 5 heteroatoms. The second-order valence-electron chi connectivity index (χ2n) is 4.95. The Morgan fingerprint density at radius 1 is 0.923 bits per heavy atom. The minimum atomic E-state index is -3.44. The molecule has 0 rings (SSSR count). The monoisotopic (exact) mass is 204 g/mol. The van der Waals surface area contributed by atoms with Gasteiger partial charge in [0.05, 0.1) is 18.7 Å². The van der Waals surface area contributed by atoms with Gasteiger partial charge in [-0.25, -0.2) is 0 Å². The molecule has 3 radical (unpaired) electrons. The SMILES string of the molecule is [B-]P(=O)(OC(C)(C)C)OC(C)(C)C. The summed E-state index contributed by atoms with van der Waals surface area (Å²) >= 11 is 0. The van der Waals surface area contributed by atoms with Gasteiger partial charge in [-0.05, 0) is 41.5 Å². The van der Waals surface area contributed by atoms with Gasteiger partial charge < -0.3 is 21.2 Å². The van der Waals surface area contributed by atoms with Crippen LogP contribution in [0.25, 0.3) is 0 Å². The highest BCUT2D eigenvalue weighted by molar-refractivity contribution is 7.79. The van der Waals surface area contributed by atoms with Crippen molar-refractivity contribution in [2.75, 3.05) is 0 Å². The molecule has 0 aromatic carbocycles. The van der Waals surface area contributed by atoms with Gasteiger partial charge >= 0.3 is 0 Å². The van der Waals surface area contributed by atoms with Crippen LogP contribution in [0.4, 0.5) is 0 Å². The van der Waals surface area contributed by atoms with Gasteiger partial charge in [-0.1, -0.05) is 0 Å². The van der Waals surface area contributed by atoms with Crippen molar-refractivity contribution in [3.8, 4) is 0 Å². The van der Waals surface area contributed by atoms with Gasteiger partial charge in [-0.2, -0.15) is 0 Å². The second-order valence-corrected chi connectivity index (χ2v) is 6.39. The number of hydrogen-bond donors (Lipinski definition) is 0. The Kier molecular flexibility index (Phi) is 3.82. The summed E-state index contributed by atoms with van der Waals surface area (Å²) in [7, 11) is 1.96.